The number of halogens is 2. The molecule has 0 spiro atoms. The highest BCUT2D eigenvalue weighted by atomic mass is 35.5. The second-order valence-corrected chi connectivity index (χ2v) is 10.3. The number of nitrogens with one attached hydrogen (secondary N) is 4. The first-order valence-corrected chi connectivity index (χ1v) is 11.7. The van der Waals surface area contributed by atoms with Crippen LogP contribution in [0.5, 0.6) is 0 Å². The average Bonchev–Trinajstić information content (AvgIpc) is 2.44. The molecule has 0 amide bonds. The zero-order valence-electron chi connectivity index (χ0n) is 13.2. The second kappa shape index (κ2) is 8.95. The molecule has 148 valence electrons. The van der Waals surface area contributed by atoms with Gasteiger partial charge in [0.25, 0.3) is 0 Å². The van der Waals surface area contributed by atoms with Crippen molar-refractivity contribution in [3.63, 3.8) is 0 Å². The van der Waals surface area contributed by atoms with E-state index in [2.05, 4.69) is 25.5 Å². The minimum Gasteiger partial charge on any atom is -0.287 e. The molecule has 1 aliphatic heterocycles. The highest BCUT2D eigenvalue weighted by molar-refractivity contribution is 7.92. The van der Waals surface area contributed by atoms with Crippen LogP contribution < -0.4 is 21.3 Å². The maximum Gasteiger partial charge on any atom is 0.397 e. The maximum atomic E-state index is 12.3. The average molecular weight is 441 g/mol. The molecule has 0 aromatic carbocycles. The van der Waals surface area contributed by atoms with Crippen molar-refractivity contribution in [2.75, 3.05) is 12.4 Å². The van der Waals surface area contributed by atoms with Gasteiger partial charge in [0.2, 0.25) is 0 Å². The summed E-state index contributed by atoms with van der Waals surface area (Å²) < 4.78 is 58.3. The molecule has 1 saturated carbocycles. The summed E-state index contributed by atoms with van der Waals surface area (Å²) >= 11 is 11.9. The predicted octanol–water partition coefficient (Wildman–Crippen LogP) is -0.768. The summed E-state index contributed by atoms with van der Waals surface area (Å²) in [5.41, 5.74) is -1.05. The van der Waals surface area contributed by atoms with Crippen LogP contribution in [-0.2, 0) is 24.4 Å². The quantitative estimate of drug-likeness (QED) is 0.194. The minimum absolute atomic E-state index is 0.0770. The lowest BCUT2D eigenvalue weighted by atomic mass is 9.95. The highest BCUT2D eigenvalue weighted by Crippen LogP contribution is 2.25. The normalized spacial score (nSPS) is 34.8. The van der Waals surface area contributed by atoms with Crippen molar-refractivity contribution in [3.8, 4) is 0 Å². The highest BCUT2D eigenvalue weighted by Gasteiger charge is 2.34. The molecule has 2 aliphatic rings. The Balaban J connectivity index is 1.86. The van der Waals surface area contributed by atoms with Gasteiger partial charge in [0.15, 0.2) is 9.84 Å². The van der Waals surface area contributed by atoms with Gasteiger partial charge < -0.3 is 0 Å². The van der Waals surface area contributed by atoms with E-state index in [4.69, 9.17) is 27.8 Å². The van der Waals surface area contributed by atoms with Crippen LogP contribution in [0.25, 0.3) is 0 Å². The van der Waals surface area contributed by atoms with Gasteiger partial charge in [-0.2, -0.15) is 8.42 Å². The Bertz CT molecular complexity index is 639. The molecule has 1 aliphatic carbocycles. The van der Waals surface area contributed by atoms with Crippen molar-refractivity contribution in [2.24, 2.45) is 0 Å². The van der Waals surface area contributed by atoms with E-state index in [-0.39, 0.29) is 12.3 Å². The third kappa shape index (κ3) is 7.40. The van der Waals surface area contributed by atoms with E-state index in [0.717, 1.165) is 6.42 Å². The first-order valence-electron chi connectivity index (χ1n) is 7.71. The fraction of sp³-hybridized carbons (Fsp3) is 1.00. The molecule has 0 aromatic heterocycles. The summed E-state index contributed by atoms with van der Waals surface area (Å²) in [5, 5.41) is 11.4. The molecule has 1 saturated heterocycles. The van der Waals surface area contributed by atoms with Gasteiger partial charge in [-0.3, -0.25) is 25.8 Å². The van der Waals surface area contributed by atoms with Crippen LogP contribution in [0.15, 0.2) is 0 Å². The van der Waals surface area contributed by atoms with E-state index >= 15 is 0 Å². The van der Waals surface area contributed by atoms with E-state index in [1.165, 1.54) is 0 Å². The fourth-order valence-electron chi connectivity index (χ4n) is 2.94. The zero-order chi connectivity index (χ0) is 18.7. The van der Waals surface area contributed by atoms with Crippen molar-refractivity contribution in [1.29, 1.82) is 0 Å². The summed E-state index contributed by atoms with van der Waals surface area (Å²) in [7, 11) is -8.19. The van der Waals surface area contributed by atoms with Crippen LogP contribution in [0, 0.1) is 0 Å². The molecule has 2 rings (SSSR count). The van der Waals surface area contributed by atoms with Gasteiger partial charge in [0, 0.05) is 6.04 Å². The first-order chi connectivity index (χ1) is 11.5. The lowest BCUT2D eigenvalue weighted by Crippen LogP contribution is -2.69. The smallest absolute Gasteiger partial charge is 0.287 e. The van der Waals surface area contributed by atoms with Crippen LogP contribution in [0.3, 0.4) is 0 Å². The molecule has 25 heavy (non-hydrogen) atoms. The molecule has 10 nitrogen and oxygen atoms in total. The largest absolute Gasteiger partial charge is 0.397 e. The zero-order valence-corrected chi connectivity index (χ0v) is 16.3. The Labute approximate surface area is 157 Å². The summed E-state index contributed by atoms with van der Waals surface area (Å²) in [4.78, 5) is 0. The lowest BCUT2D eigenvalue weighted by Gasteiger charge is -2.38. The molecule has 5 N–H and O–H groups in total. The van der Waals surface area contributed by atoms with Crippen molar-refractivity contribution >= 4 is 43.4 Å². The molecule has 1 heterocycles. The molecule has 0 aromatic rings. The molecule has 0 bridgehead atoms. The summed E-state index contributed by atoms with van der Waals surface area (Å²) in [5.74, 6) is -0.471. The first kappa shape index (κ1) is 21.5. The topological polar surface area (TPSA) is 146 Å². The summed E-state index contributed by atoms with van der Waals surface area (Å²) in [6.45, 7) is -0.602. The molecule has 2 fully saturated rings. The number of alkyl halides is 2. The van der Waals surface area contributed by atoms with E-state index < -0.39 is 49.1 Å². The SMILES string of the molecule is O=S(=O)(O)OCCS(=O)(=O)C1CCCC(NC2NC(Cl)NC(Cl)N2)C1. The number of sulfone groups is 1. The van der Waals surface area contributed by atoms with E-state index in [1.54, 1.807) is 0 Å². The van der Waals surface area contributed by atoms with Gasteiger partial charge in [0.05, 0.1) is 17.6 Å². The predicted molar refractivity (Wildman–Crippen MR) is 92.9 cm³/mol. The Morgan fingerprint density at radius 3 is 2.32 bits per heavy atom. The van der Waals surface area contributed by atoms with Crippen LogP contribution in [0.4, 0.5) is 0 Å². The second-order valence-electron chi connectivity index (χ2n) is 5.93. The molecule has 0 radical (unpaired) electrons. The fourth-order valence-corrected chi connectivity index (χ4v) is 5.61. The summed E-state index contributed by atoms with van der Waals surface area (Å²) in [6.07, 6.45) is 2.00. The van der Waals surface area contributed by atoms with Crippen molar-refractivity contribution in [2.45, 2.75) is 54.5 Å². The standard InChI is InChI=1S/C11H22Cl2N4O6S2/c12-9-15-10(13)17-11(16-9)14-7-2-1-3-8(6-7)24(18,19)5-4-23-25(20,21)22/h7-11,14-17H,1-6H2,(H,20,21,22). The van der Waals surface area contributed by atoms with Gasteiger partial charge >= 0.3 is 10.4 Å². The van der Waals surface area contributed by atoms with Crippen molar-refractivity contribution in [1.82, 2.24) is 21.3 Å². The molecular weight excluding hydrogens is 419 g/mol. The van der Waals surface area contributed by atoms with E-state index in [0.29, 0.717) is 19.3 Å². The van der Waals surface area contributed by atoms with Crippen LogP contribution in [-0.4, -0.2) is 62.6 Å². The van der Waals surface area contributed by atoms with E-state index in [9.17, 15) is 16.8 Å². The molecule has 4 unspecified atom stereocenters. The van der Waals surface area contributed by atoms with Crippen molar-refractivity contribution in [3.05, 3.63) is 0 Å². The third-order valence-electron chi connectivity index (χ3n) is 4.06. The van der Waals surface area contributed by atoms with Crippen LogP contribution in [0.1, 0.15) is 25.7 Å². The third-order valence-corrected chi connectivity index (χ3v) is 7.20. The van der Waals surface area contributed by atoms with Gasteiger partial charge in [-0.25, -0.2) is 12.6 Å². The maximum absolute atomic E-state index is 12.3. The van der Waals surface area contributed by atoms with Crippen LogP contribution >= 0.6 is 23.2 Å². The van der Waals surface area contributed by atoms with Crippen LogP contribution in [0.2, 0.25) is 0 Å². The number of hydrogen-bond acceptors (Lipinski definition) is 9. The number of hydrogen-bond donors (Lipinski definition) is 5. The molecule has 14 heteroatoms. The Morgan fingerprint density at radius 1 is 1.08 bits per heavy atom. The lowest BCUT2D eigenvalue weighted by molar-refractivity contribution is 0.214. The Kier molecular flexibility index (Phi) is 7.71. The monoisotopic (exact) mass is 440 g/mol. The Hall–Kier alpha value is 0.240. The van der Waals surface area contributed by atoms with Gasteiger partial charge in [-0.05, 0) is 19.3 Å². The summed E-state index contributed by atoms with van der Waals surface area (Å²) in [6, 6.07) is -0.0770. The molecule has 4 atom stereocenters. The molecular formula is C11H22Cl2N4O6S2. The van der Waals surface area contributed by atoms with E-state index in [1.807, 2.05) is 0 Å². The van der Waals surface area contributed by atoms with Gasteiger partial charge in [0.1, 0.15) is 17.5 Å². The van der Waals surface area contributed by atoms with Crippen molar-refractivity contribution < 1.29 is 25.6 Å². The van der Waals surface area contributed by atoms with Gasteiger partial charge in [-0.1, -0.05) is 29.6 Å². The van der Waals surface area contributed by atoms with Gasteiger partial charge in [-0.15, -0.1) is 0 Å². The minimum atomic E-state index is -4.64. The number of rotatable bonds is 7. The Morgan fingerprint density at radius 2 is 1.72 bits per heavy atom.